The first-order valence-electron chi connectivity index (χ1n) is 8.07. The van der Waals surface area contributed by atoms with Gasteiger partial charge in [0.25, 0.3) is 0 Å². The highest BCUT2D eigenvalue weighted by atomic mass is 19.1. The van der Waals surface area contributed by atoms with Crippen LogP contribution in [0.25, 0.3) is 0 Å². The topological polar surface area (TPSA) is 30.5 Å². The maximum Gasteiger partial charge on any atom is 0.124 e. The molecule has 3 nitrogen and oxygen atoms in total. The van der Waals surface area contributed by atoms with E-state index in [1.54, 1.807) is 19.2 Å². The van der Waals surface area contributed by atoms with Crippen LogP contribution in [0.4, 0.5) is 10.1 Å². The Hall–Kier alpha value is -3.01. The second kappa shape index (κ2) is 8.20. The Kier molecular flexibility index (Phi) is 5.52. The van der Waals surface area contributed by atoms with E-state index in [4.69, 9.17) is 9.47 Å². The number of para-hydroxylation sites is 1. The smallest absolute Gasteiger partial charge is 0.124 e. The van der Waals surface area contributed by atoms with E-state index < -0.39 is 0 Å². The minimum absolute atomic E-state index is 0.243. The lowest BCUT2D eigenvalue weighted by atomic mass is 10.2. The Morgan fingerprint density at radius 1 is 0.880 bits per heavy atom. The fourth-order valence-corrected chi connectivity index (χ4v) is 2.44. The number of nitrogens with one attached hydrogen (secondary N) is 1. The predicted molar refractivity (Wildman–Crippen MR) is 97.5 cm³/mol. The zero-order valence-electron chi connectivity index (χ0n) is 14.0. The molecule has 3 aromatic carbocycles. The SMILES string of the molecule is COc1ccc(NCc2ccccc2OCc2ccc(F)cc2)cc1. The van der Waals surface area contributed by atoms with Crippen molar-refractivity contribution in [2.24, 2.45) is 0 Å². The van der Waals surface area contributed by atoms with Gasteiger partial charge in [-0.1, -0.05) is 30.3 Å². The van der Waals surface area contributed by atoms with Crippen LogP contribution < -0.4 is 14.8 Å². The predicted octanol–water partition coefficient (Wildman–Crippen LogP) is 5.03. The van der Waals surface area contributed by atoms with Crippen molar-refractivity contribution in [1.82, 2.24) is 0 Å². The average molecular weight is 337 g/mol. The minimum atomic E-state index is -0.243. The molecule has 0 unspecified atom stereocenters. The van der Waals surface area contributed by atoms with Crippen LogP contribution in [0.5, 0.6) is 11.5 Å². The van der Waals surface area contributed by atoms with Gasteiger partial charge in [-0.25, -0.2) is 4.39 Å². The van der Waals surface area contributed by atoms with Gasteiger partial charge in [-0.05, 0) is 48.0 Å². The molecule has 0 saturated carbocycles. The molecule has 1 N–H and O–H groups in total. The zero-order valence-corrected chi connectivity index (χ0v) is 14.0. The Morgan fingerprint density at radius 2 is 1.60 bits per heavy atom. The van der Waals surface area contributed by atoms with Gasteiger partial charge < -0.3 is 14.8 Å². The summed E-state index contributed by atoms with van der Waals surface area (Å²) in [5.74, 6) is 1.40. The molecule has 0 radical (unpaired) electrons. The van der Waals surface area contributed by atoms with Gasteiger partial charge >= 0.3 is 0 Å². The lowest BCUT2D eigenvalue weighted by molar-refractivity contribution is 0.303. The largest absolute Gasteiger partial charge is 0.497 e. The van der Waals surface area contributed by atoms with E-state index in [2.05, 4.69) is 5.32 Å². The molecule has 3 rings (SSSR count). The summed E-state index contributed by atoms with van der Waals surface area (Å²) in [6.07, 6.45) is 0. The molecule has 0 fully saturated rings. The molecule has 128 valence electrons. The zero-order chi connectivity index (χ0) is 17.5. The monoisotopic (exact) mass is 337 g/mol. The number of halogens is 1. The van der Waals surface area contributed by atoms with Crippen LogP contribution in [-0.2, 0) is 13.2 Å². The molecule has 0 heterocycles. The van der Waals surface area contributed by atoms with E-state index in [1.165, 1.54) is 12.1 Å². The quantitative estimate of drug-likeness (QED) is 0.656. The molecule has 0 amide bonds. The molecule has 4 heteroatoms. The molecule has 0 aliphatic carbocycles. The number of methoxy groups -OCH3 is 1. The lowest BCUT2D eigenvalue weighted by Crippen LogP contribution is -2.03. The van der Waals surface area contributed by atoms with Gasteiger partial charge in [-0.2, -0.15) is 0 Å². The molecule has 0 atom stereocenters. The van der Waals surface area contributed by atoms with Crippen molar-refractivity contribution in [3.05, 3.63) is 89.7 Å². The first-order chi connectivity index (χ1) is 12.2. The van der Waals surface area contributed by atoms with Crippen molar-refractivity contribution >= 4 is 5.69 Å². The summed E-state index contributed by atoms with van der Waals surface area (Å²) >= 11 is 0. The van der Waals surface area contributed by atoms with Crippen molar-refractivity contribution in [2.45, 2.75) is 13.2 Å². The van der Waals surface area contributed by atoms with Gasteiger partial charge in [0.05, 0.1) is 7.11 Å². The molecular weight excluding hydrogens is 317 g/mol. The highest BCUT2D eigenvalue weighted by molar-refractivity contribution is 5.47. The Morgan fingerprint density at radius 3 is 2.32 bits per heavy atom. The minimum Gasteiger partial charge on any atom is -0.497 e. The summed E-state index contributed by atoms with van der Waals surface area (Å²) in [6, 6.07) is 22.0. The second-order valence-electron chi connectivity index (χ2n) is 5.60. The normalized spacial score (nSPS) is 10.3. The first kappa shape index (κ1) is 16.8. The van der Waals surface area contributed by atoms with E-state index in [0.717, 1.165) is 28.3 Å². The van der Waals surface area contributed by atoms with Gasteiger partial charge in [0, 0.05) is 17.8 Å². The van der Waals surface area contributed by atoms with Gasteiger partial charge in [0.2, 0.25) is 0 Å². The molecular formula is C21H20FNO2. The van der Waals surface area contributed by atoms with E-state index in [0.29, 0.717) is 13.2 Å². The number of rotatable bonds is 7. The van der Waals surface area contributed by atoms with Crippen molar-refractivity contribution < 1.29 is 13.9 Å². The Labute approximate surface area is 147 Å². The van der Waals surface area contributed by atoms with Crippen LogP contribution in [0, 0.1) is 5.82 Å². The lowest BCUT2D eigenvalue weighted by Gasteiger charge is -2.13. The van der Waals surface area contributed by atoms with Crippen molar-refractivity contribution in [3.8, 4) is 11.5 Å². The summed E-state index contributed by atoms with van der Waals surface area (Å²) < 4.78 is 24.0. The summed E-state index contributed by atoms with van der Waals surface area (Å²) in [6.45, 7) is 1.05. The van der Waals surface area contributed by atoms with Crippen molar-refractivity contribution in [2.75, 3.05) is 12.4 Å². The molecule has 0 aromatic heterocycles. The van der Waals surface area contributed by atoms with Gasteiger partial charge in [-0.15, -0.1) is 0 Å². The maximum atomic E-state index is 13.0. The fourth-order valence-electron chi connectivity index (χ4n) is 2.44. The Balaban J connectivity index is 1.62. The third-order valence-corrected chi connectivity index (χ3v) is 3.85. The summed E-state index contributed by atoms with van der Waals surface area (Å²) in [7, 11) is 1.65. The summed E-state index contributed by atoms with van der Waals surface area (Å²) in [5, 5.41) is 3.37. The maximum absolute atomic E-state index is 13.0. The van der Waals surface area contributed by atoms with Crippen LogP contribution in [0.1, 0.15) is 11.1 Å². The average Bonchev–Trinajstić information content (AvgIpc) is 2.67. The third kappa shape index (κ3) is 4.73. The third-order valence-electron chi connectivity index (χ3n) is 3.85. The number of hydrogen-bond acceptors (Lipinski definition) is 3. The molecule has 0 bridgehead atoms. The number of anilines is 1. The number of ether oxygens (including phenoxy) is 2. The first-order valence-corrected chi connectivity index (χ1v) is 8.07. The van der Waals surface area contributed by atoms with Crippen LogP contribution in [0.3, 0.4) is 0 Å². The molecule has 0 saturated heterocycles. The Bertz CT molecular complexity index is 801. The van der Waals surface area contributed by atoms with Crippen LogP contribution in [0.15, 0.2) is 72.8 Å². The van der Waals surface area contributed by atoms with Gasteiger partial charge in [0.15, 0.2) is 0 Å². The summed E-state index contributed by atoms with van der Waals surface area (Å²) in [4.78, 5) is 0. The summed E-state index contributed by atoms with van der Waals surface area (Å²) in [5.41, 5.74) is 2.99. The number of hydrogen-bond donors (Lipinski definition) is 1. The van der Waals surface area contributed by atoms with E-state index in [9.17, 15) is 4.39 Å². The molecule has 0 aliphatic heterocycles. The standard InChI is InChI=1S/C21H20FNO2/c1-24-20-12-10-19(11-13-20)23-14-17-4-2-3-5-21(17)25-15-16-6-8-18(22)9-7-16/h2-13,23H,14-15H2,1H3. The number of benzene rings is 3. The highest BCUT2D eigenvalue weighted by Gasteiger charge is 2.04. The van der Waals surface area contributed by atoms with E-state index in [1.807, 2.05) is 48.5 Å². The van der Waals surface area contributed by atoms with Crippen LogP contribution in [0.2, 0.25) is 0 Å². The molecule has 0 spiro atoms. The molecule has 3 aromatic rings. The fraction of sp³-hybridized carbons (Fsp3) is 0.143. The van der Waals surface area contributed by atoms with E-state index in [-0.39, 0.29) is 5.82 Å². The highest BCUT2D eigenvalue weighted by Crippen LogP contribution is 2.22. The molecule has 0 aliphatic rings. The van der Waals surface area contributed by atoms with Crippen molar-refractivity contribution in [3.63, 3.8) is 0 Å². The van der Waals surface area contributed by atoms with Gasteiger partial charge in [0.1, 0.15) is 23.9 Å². The van der Waals surface area contributed by atoms with Crippen molar-refractivity contribution in [1.29, 1.82) is 0 Å². The van der Waals surface area contributed by atoms with E-state index >= 15 is 0 Å². The van der Waals surface area contributed by atoms with Crippen LogP contribution >= 0.6 is 0 Å². The molecule has 25 heavy (non-hydrogen) atoms. The van der Waals surface area contributed by atoms with Gasteiger partial charge in [-0.3, -0.25) is 0 Å². The second-order valence-corrected chi connectivity index (χ2v) is 5.60. The van der Waals surface area contributed by atoms with Crippen LogP contribution in [-0.4, -0.2) is 7.11 Å².